The lowest BCUT2D eigenvalue weighted by Gasteiger charge is -2.03. The second kappa shape index (κ2) is 18.8. The van der Waals surface area contributed by atoms with Gasteiger partial charge in [0.15, 0.2) is 0 Å². The Labute approximate surface area is 138 Å². The molecule has 110 valence electrons. The Balaban J connectivity index is 2.86. The molecular formula is C13H28S5. The zero-order chi connectivity index (χ0) is 13.3. The molecule has 0 nitrogen and oxygen atoms in total. The molecule has 0 rings (SSSR count). The van der Waals surface area contributed by atoms with Gasteiger partial charge in [0, 0.05) is 0 Å². The van der Waals surface area contributed by atoms with Crippen molar-refractivity contribution in [1.82, 2.24) is 0 Å². The molecule has 18 heavy (non-hydrogen) atoms. The fourth-order valence-corrected chi connectivity index (χ4v) is 5.04. The molecule has 0 aliphatic carbocycles. The van der Waals surface area contributed by atoms with E-state index in [0.29, 0.717) is 0 Å². The number of hydrogen-bond acceptors (Lipinski definition) is 5. The zero-order valence-electron chi connectivity index (χ0n) is 11.3. The molecule has 0 atom stereocenters. The summed E-state index contributed by atoms with van der Waals surface area (Å²) < 4.78 is 0. The molecule has 0 bridgehead atoms. The van der Waals surface area contributed by atoms with Gasteiger partial charge in [-0.05, 0) is 78.1 Å². The van der Waals surface area contributed by atoms with E-state index in [1.807, 2.05) is 0 Å². The minimum Gasteiger partial charge on any atom is -0.179 e. The minimum atomic E-state index is 1.04. The molecular weight excluding hydrogens is 316 g/mol. The van der Waals surface area contributed by atoms with Crippen LogP contribution in [0.3, 0.4) is 0 Å². The Morgan fingerprint density at radius 3 is 1.28 bits per heavy atom. The summed E-state index contributed by atoms with van der Waals surface area (Å²) in [6.45, 7) is 0. The van der Waals surface area contributed by atoms with Crippen molar-refractivity contribution in [2.75, 3.05) is 46.0 Å². The van der Waals surface area contributed by atoms with E-state index in [1.54, 1.807) is 0 Å². The van der Waals surface area contributed by atoms with E-state index < -0.39 is 0 Å². The molecule has 0 aliphatic rings. The summed E-state index contributed by atoms with van der Waals surface area (Å²) in [7, 11) is 0. The van der Waals surface area contributed by atoms with Crippen LogP contribution in [0, 0.1) is 0 Å². The first-order valence-corrected chi connectivity index (χ1v) is 11.6. The van der Waals surface area contributed by atoms with Gasteiger partial charge in [-0.3, -0.25) is 0 Å². The van der Waals surface area contributed by atoms with Crippen molar-refractivity contribution in [3.05, 3.63) is 0 Å². The van der Waals surface area contributed by atoms with Gasteiger partial charge in [-0.15, -0.1) is 0 Å². The molecule has 5 heteroatoms. The molecule has 0 spiro atoms. The third-order valence-electron chi connectivity index (χ3n) is 2.30. The highest BCUT2D eigenvalue weighted by Crippen LogP contribution is 2.13. The number of hydrogen-bond donors (Lipinski definition) is 2. The van der Waals surface area contributed by atoms with Gasteiger partial charge in [0.1, 0.15) is 0 Å². The Bertz CT molecular complexity index is 127. The number of unbranched alkanes of at least 4 members (excludes halogenated alkanes) is 1. The molecule has 0 radical (unpaired) electrons. The average Bonchev–Trinajstić information content (AvgIpc) is 2.39. The predicted molar refractivity (Wildman–Crippen MR) is 103 cm³/mol. The lowest BCUT2D eigenvalue weighted by Crippen LogP contribution is -1.91. The molecule has 0 unspecified atom stereocenters. The first-order chi connectivity index (χ1) is 8.91. The van der Waals surface area contributed by atoms with Gasteiger partial charge in [0.05, 0.1) is 0 Å². The number of thioether (sulfide) groups is 3. The predicted octanol–water partition coefficient (Wildman–Crippen LogP) is 5.00. The molecule has 0 aliphatic heterocycles. The number of rotatable bonds is 15. The Morgan fingerprint density at radius 1 is 0.444 bits per heavy atom. The lowest BCUT2D eigenvalue weighted by atomic mass is 10.4. The third-order valence-corrected chi connectivity index (χ3v) is 6.39. The van der Waals surface area contributed by atoms with Crippen LogP contribution in [0.4, 0.5) is 0 Å². The molecule has 0 heterocycles. The Morgan fingerprint density at radius 2 is 0.833 bits per heavy atom. The SMILES string of the molecule is SCCCCSCCCSCCCSCCCS. The van der Waals surface area contributed by atoms with E-state index in [9.17, 15) is 0 Å². The summed E-state index contributed by atoms with van der Waals surface area (Å²) in [6.07, 6.45) is 6.62. The van der Waals surface area contributed by atoms with E-state index in [-0.39, 0.29) is 0 Å². The summed E-state index contributed by atoms with van der Waals surface area (Å²) in [5.74, 6) is 10.1. The van der Waals surface area contributed by atoms with Gasteiger partial charge in [-0.25, -0.2) is 0 Å². The van der Waals surface area contributed by atoms with Crippen LogP contribution in [0.25, 0.3) is 0 Å². The molecule has 0 saturated carbocycles. The fraction of sp³-hybridized carbons (Fsp3) is 1.00. The summed E-state index contributed by atoms with van der Waals surface area (Å²) in [5, 5.41) is 0. The van der Waals surface area contributed by atoms with E-state index in [4.69, 9.17) is 0 Å². The third kappa shape index (κ3) is 17.8. The normalized spacial score (nSPS) is 11.0. The van der Waals surface area contributed by atoms with Gasteiger partial charge in [0.2, 0.25) is 0 Å². The monoisotopic (exact) mass is 344 g/mol. The second-order valence-electron chi connectivity index (χ2n) is 4.05. The second-order valence-corrected chi connectivity index (χ2v) is 8.62. The highest BCUT2D eigenvalue weighted by atomic mass is 32.2. The van der Waals surface area contributed by atoms with Gasteiger partial charge < -0.3 is 0 Å². The molecule has 0 aromatic heterocycles. The Hall–Kier alpha value is 1.75. The highest BCUT2D eigenvalue weighted by molar-refractivity contribution is 8.00. The van der Waals surface area contributed by atoms with E-state index in [0.717, 1.165) is 11.5 Å². The molecule has 0 amide bonds. The maximum absolute atomic E-state index is 4.22. The van der Waals surface area contributed by atoms with Crippen molar-refractivity contribution in [3.8, 4) is 0 Å². The van der Waals surface area contributed by atoms with Crippen LogP contribution >= 0.6 is 60.5 Å². The van der Waals surface area contributed by atoms with Gasteiger partial charge in [-0.2, -0.15) is 60.5 Å². The smallest absolute Gasteiger partial charge is 0.00597 e. The quantitative estimate of drug-likeness (QED) is 0.317. The molecule has 0 N–H and O–H groups in total. The minimum absolute atomic E-state index is 1.04. The van der Waals surface area contributed by atoms with Crippen molar-refractivity contribution in [3.63, 3.8) is 0 Å². The summed E-state index contributed by atoms with van der Waals surface area (Å²) in [4.78, 5) is 0. The number of thiol groups is 2. The maximum Gasteiger partial charge on any atom is -0.00597 e. The van der Waals surface area contributed by atoms with Crippen LogP contribution in [0.5, 0.6) is 0 Å². The van der Waals surface area contributed by atoms with Crippen molar-refractivity contribution < 1.29 is 0 Å². The van der Waals surface area contributed by atoms with Crippen LogP contribution in [0.15, 0.2) is 0 Å². The maximum atomic E-state index is 4.22. The van der Waals surface area contributed by atoms with Gasteiger partial charge in [0.25, 0.3) is 0 Å². The zero-order valence-corrected chi connectivity index (χ0v) is 15.5. The molecule has 0 aromatic carbocycles. The van der Waals surface area contributed by atoms with Crippen LogP contribution in [0.1, 0.15) is 32.1 Å². The topological polar surface area (TPSA) is 0 Å². The average molecular weight is 345 g/mol. The van der Waals surface area contributed by atoms with Crippen molar-refractivity contribution >= 4 is 60.5 Å². The van der Waals surface area contributed by atoms with Gasteiger partial charge >= 0.3 is 0 Å². The van der Waals surface area contributed by atoms with E-state index in [1.165, 1.54) is 66.6 Å². The lowest BCUT2D eigenvalue weighted by molar-refractivity contribution is 0.908. The van der Waals surface area contributed by atoms with E-state index in [2.05, 4.69) is 60.5 Å². The van der Waals surface area contributed by atoms with Crippen LogP contribution in [-0.4, -0.2) is 46.0 Å². The van der Waals surface area contributed by atoms with Crippen LogP contribution in [-0.2, 0) is 0 Å². The molecule has 0 aromatic rings. The summed E-state index contributed by atoms with van der Waals surface area (Å²) in [5.41, 5.74) is 0. The van der Waals surface area contributed by atoms with Crippen molar-refractivity contribution in [1.29, 1.82) is 0 Å². The first kappa shape index (κ1) is 19.8. The standard InChI is InChI=1S/C13H28S5/c14-6-1-2-8-16-10-4-12-18-13-5-11-17-9-3-7-15/h14-15H,1-13H2. The Kier molecular flexibility index (Phi) is 20.6. The largest absolute Gasteiger partial charge is 0.179 e. The molecule has 0 fully saturated rings. The fourth-order valence-electron chi connectivity index (χ4n) is 1.31. The summed E-state index contributed by atoms with van der Waals surface area (Å²) in [6, 6.07) is 0. The van der Waals surface area contributed by atoms with Crippen molar-refractivity contribution in [2.45, 2.75) is 32.1 Å². The summed E-state index contributed by atoms with van der Waals surface area (Å²) >= 11 is 14.8. The van der Waals surface area contributed by atoms with Crippen LogP contribution in [0.2, 0.25) is 0 Å². The van der Waals surface area contributed by atoms with Crippen LogP contribution < -0.4 is 0 Å². The van der Waals surface area contributed by atoms with Crippen molar-refractivity contribution in [2.24, 2.45) is 0 Å². The van der Waals surface area contributed by atoms with Gasteiger partial charge in [-0.1, -0.05) is 0 Å². The highest BCUT2D eigenvalue weighted by Gasteiger charge is 1.93. The van der Waals surface area contributed by atoms with E-state index >= 15 is 0 Å². The molecule has 0 saturated heterocycles. The first-order valence-electron chi connectivity index (χ1n) is 6.86.